The number of hydrogen-bond acceptors (Lipinski definition) is 3. The van der Waals surface area contributed by atoms with Crippen LogP contribution in [0.3, 0.4) is 0 Å². The Labute approximate surface area is 203 Å². The summed E-state index contributed by atoms with van der Waals surface area (Å²) in [5.74, 6) is 0. The first-order chi connectivity index (χ1) is 15.9. The van der Waals surface area contributed by atoms with Gasteiger partial charge in [-0.1, -0.05) is 42.5 Å². The third kappa shape index (κ3) is 3.03. The summed E-state index contributed by atoms with van der Waals surface area (Å²) in [6.07, 6.45) is 1.85. The number of nitrogens with zero attached hydrogens (tertiary/aromatic N) is 1. The van der Waals surface area contributed by atoms with Crippen LogP contribution in [0, 0.1) is 6.07 Å². The summed E-state index contributed by atoms with van der Waals surface area (Å²) in [4.78, 5) is 4.60. The molecule has 0 aliphatic heterocycles. The van der Waals surface area contributed by atoms with Gasteiger partial charge in [-0.05, 0) is 35.5 Å². The summed E-state index contributed by atoms with van der Waals surface area (Å²) < 4.78 is 12.7. The molecule has 159 valence electrons. The van der Waals surface area contributed by atoms with E-state index in [2.05, 4.69) is 35.3 Å². The number of hydrogen-bond donors (Lipinski definition) is 0. The predicted molar refractivity (Wildman–Crippen MR) is 129 cm³/mol. The van der Waals surface area contributed by atoms with Crippen LogP contribution in [0.25, 0.3) is 66.3 Å². The molecular formula is C29H16IrNO2-. The van der Waals surface area contributed by atoms with E-state index in [0.717, 1.165) is 66.3 Å². The van der Waals surface area contributed by atoms with Gasteiger partial charge >= 0.3 is 0 Å². The van der Waals surface area contributed by atoms with Crippen LogP contribution in [-0.4, -0.2) is 4.98 Å². The standard InChI is InChI=1S/C29H16NO2.Ir/c1-2-8-18(9-3-1)23-16-19(14-15-30-23)27-28-21-11-5-7-13-25(21)31-26(28)17-22-20-10-4-6-12-24(20)32-29(22)27;/h1-8,10-17H;/q-1;. The van der Waals surface area contributed by atoms with Crippen LogP contribution in [0.15, 0.2) is 106 Å². The van der Waals surface area contributed by atoms with Gasteiger partial charge in [-0.25, -0.2) is 0 Å². The zero-order valence-corrected chi connectivity index (χ0v) is 19.7. The average molecular weight is 603 g/mol. The van der Waals surface area contributed by atoms with Crippen LogP contribution < -0.4 is 0 Å². The van der Waals surface area contributed by atoms with Crippen LogP contribution in [0.1, 0.15) is 0 Å². The topological polar surface area (TPSA) is 39.2 Å². The van der Waals surface area contributed by atoms with Crippen LogP contribution in [0.2, 0.25) is 0 Å². The van der Waals surface area contributed by atoms with Crippen LogP contribution in [0.4, 0.5) is 0 Å². The number of furan rings is 2. The van der Waals surface area contributed by atoms with Crippen LogP contribution in [-0.2, 0) is 20.1 Å². The summed E-state index contributed by atoms with van der Waals surface area (Å²) in [6, 6.07) is 33.7. The number of benzene rings is 4. The largest absolute Gasteiger partial charge is 0.456 e. The van der Waals surface area contributed by atoms with E-state index in [0.29, 0.717) is 0 Å². The molecule has 1 radical (unpaired) electrons. The predicted octanol–water partition coefficient (Wildman–Crippen LogP) is 8.01. The Morgan fingerprint density at radius 3 is 2.24 bits per heavy atom. The van der Waals surface area contributed by atoms with E-state index in [1.54, 1.807) is 0 Å². The summed E-state index contributed by atoms with van der Waals surface area (Å²) in [7, 11) is 0. The SMILES string of the molecule is [Ir].[c-]1ccccc1-c1cc(-c2c3oc4ccccc4c3cc3oc4ccccc4c23)ccn1. The monoisotopic (exact) mass is 603 g/mol. The molecule has 3 aromatic heterocycles. The average Bonchev–Trinajstić information content (AvgIpc) is 3.41. The second-order valence-electron chi connectivity index (χ2n) is 7.90. The van der Waals surface area contributed by atoms with Gasteiger partial charge in [0.15, 0.2) is 0 Å². The van der Waals surface area contributed by atoms with E-state index in [1.165, 1.54) is 0 Å². The first-order valence-electron chi connectivity index (χ1n) is 10.6. The maximum atomic E-state index is 6.44. The molecule has 4 aromatic carbocycles. The molecule has 0 bridgehead atoms. The Bertz CT molecular complexity index is 1770. The number of pyridine rings is 1. The fourth-order valence-corrected chi connectivity index (χ4v) is 4.62. The van der Waals surface area contributed by atoms with Gasteiger partial charge in [0.05, 0.1) is 0 Å². The quantitative estimate of drug-likeness (QED) is 0.188. The third-order valence-corrected chi connectivity index (χ3v) is 6.04. The molecule has 0 saturated carbocycles. The van der Waals surface area contributed by atoms with Crippen molar-refractivity contribution in [3.05, 3.63) is 103 Å². The van der Waals surface area contributed by atoms with Crippen molar-refractivity contribution in [2.24, 2.45) is 0 Å². The molecule has 3 heterocycles. The van der Waals surface area contributed by atoms with E-state index in [9.17, 15) is 0 Å². The van der Waals surface area contributed by atoms with E-state index < -0.39 is 0 Å². The Hall–Kier alpha value is -3.72. The molecular weight excluding hydrogens is 587 g/mol. The summed E-state index contributed by atoms with van der Waals surface area (Å²) in [5, 5.41) is 4.26. The van der Waals surface area contributed by atoms with Crippen molar-refractivity contribution in [2.75, 3.05) is 0 Å². The molecule has 0 saturated heterocycles. The number of aromatic nitrogens is 1. The van der Waals surface area contributed by atoms with E-state index in [-0.39, 0.29) is 20.1 Å². The fraction of sp³-hybridized carbons (Fsp3) is 0. The molecule has 0 aliphatic carbocycles. The molecule has 33 heavy (non-hydrogen) atoms. The second kappa shape index (κ2) is 7.70. The molecule has 0 spiro atoms. The normalized spacial score (nSPS) is 11.4. The van der Waals surface area contributed by atoms with Gasteiger partial charge in [0.2, 0.25) is 0 Å². The summed E-state index contributed by atoms with van der Waals surface area (Å²) >= 11 is 0. The van der Waals surface area contributed by atoms with Gasteiger partial charge in [-0.2, -0.15) is 0 Å². The molecule has 0 fully saturated rings. The van der Waals surface area contributed by atoms with Crippen LogP contribution in [0.5, 0.6) is 0 Å². The van der Waals surface area contributed by atoms with Gasteiger partial charge < -0.3 is 13.8 Å². The van der Waals surface area contributed by atoms with Crippen molar-refractivity contribution in [2.45, 2.75) is 0 Å². The Balaban J connectivity index is 0.00000206. The minimum atomic E-state index is 0. The number of para-hydroxylation sites is 2. The minimum absolute atomic E-state index is 0. The van der Waals surface area contributed by atoms with Crippen molar-refractivity contribution in [1.29, 1.82) is 0 Å². The third-order valence-electron chi connectivity index (χ3n) is 6.04. The number of fused-ring (bicyclic) bond motifs is 6. The zero-order chi connectivity index (χ0) is 21.1. The second-order valence-corrected chi connectivity index (χ2v) is 7.90. The molecule has 0 aliphatic rings. The maximum Gasteiger partial charge on any atom is 0.144 e. The fourth-order valence-electron chi connectivity index (χ4n) is 4.62. The number of rotatable bonds is 2. The summed E-state index contributed by atoms with van der Waals surface area (Å²) in [6.45, 7) is 0. The molecule has 3 nitrogen and oxygen atoms in total. The first kappa shape index (κ1) is 19.9. The van der Waals surface area contributed by atoms with Crippen molar-refractivity contribution in [3.8, 4) is 22.4 Å². The van der Waals surface area contributed by atoms with Gasteiger partial charge in [0.1, 0.15) is 22.3 Å². The van der Waals surface area contributed by atoms with Crippen LogP contribution >= 0.6 is 0 Å². The molecule has 0 unspecified atom stereocenters. The smallest absolute Gasteiger partial charge is 0.144 e. The maximum absolute atomic E-state index is 6.44. The Kier molecular flexibility index (Phi) is 4.65. The van der Waals surface area contributed by atoms with Crippen molar-refractivity contribution in [1.82, 2.24) is 4.98 Å². The van der Waals surface area contributed by atoms with Gasteiger partial charge in [0, 0.05) is 53.4 Å². The minimum Gasteiger partial charge on any atom is -0.456 e. The molecule has 0 N–H and O–H groups in total. The van der Waals surface area contributed by atoms with E-state index in [4.69, 9.17) is 8.83 Å². The molecule has 4 heteroatoms. The molecule has 0 amide bonds. The van der Waals surface area contributed by atoms with Crippen molar-refractivity contribution < 1.29 is 28.9 Å². The van der Waals surface area contributed by atoms with Gasteiger partial charge in [-0.15, -0.1) is 35.9 Å². The Morgan fingerprint density at radius 1 is 0.667 bits per heavy atom. The van der Waals surface area contributed by atoms with E-state index in [1.807, 2.05) is 72.9 Å². The molecule has 7 aromatic rings. The van der Waals surface area contributed by atoms with Crippen molar-refractivity contribution in [3.63, 3.8) is 0 Å². The van der Waals surface area contributed by atoms with E-state index >= 15 is 0 Å². The zero-order valence-electron chi connectivity index (χ0n) is 17.3. The molecule has 0 atom stereocenters. The first-order valence-corrected chi connectivity index (χ1v) is 10.6. The molecule has 7 rings (SSSR count). The van der Waals surface area contributed by atoms with Gasteiger partial charge in [0.25, 0.3) is 0 Å². The van der Waals surface area contributed by atoms with Crippen molar-refractivity contribution >= 4 is 43.9 Å². The summed E-state index contributed by atoms with van der Waals surface area (Å²) in [5.41, 5.74) is 7.34. The van der Waals surface area contributed by atoms with Gasteiger partial charge in [-0.3, -0.25) is 0 Å². The Morgan fingerprint density at radius 2 is 1.42 bits per heavy atom.